The summed E-state index contributed by atoms with van der Waals surface area (Å²) in [5, 5.41) is 0. The average Bonchev–Trinajstić information content (AvgIpc) is 2.96. The molecule has 0 unspecified atom stereocenters. The molecule has 22 heavy (non-hydrogen) atoms. The van der Waals surface area contributed by atoms with Crippen molar-refractivity contribution in [3.63, 3.8) is 0 Å². The summed E-state index contributed by atoms with van der Waals surface area (Å²) in [6.45, 7) is 6.17. The van der Waals surface area contributed by atoms with Crippen LogP contribution >= 0.6 is 11.3 Å². The quantitative estimate of drug-likeness (QED) is 0.853. The number of hydrogen-bond acceptors (Lipinski definition) is 4. The zero-order valence-corrected chi connectivity index (χ0v) is 13.4. The molecule has 0 bridgehead atoms. The lowest BCUT2D eigenvalue weighted by Gasteiger charge is -2.16. The number of amides is 1. The second-order valence-corrected chi connectivity index (χ2v) is 6.84. The van der Waals surface area contributed by atoms with Crippen LogP contribution in [0.1, 0.15) is 39.0 Å². The number of rotatable bonds is 4. The summed E-state index contributed by atoms with van der Waals surface area (Å²) in [4.78, 5) is 18.4. The van der Waals surface area contributed by atoms with Gasteiger partial charge in [-0.05, 0) is 48.9 Å². The van der Waals surface area contributed by atoms with E-state index in [0.717, 1.165) is 23.3 Å². The van der Waals surface area contributed by atoms with Crippen molar-refractivity contribution in [1.82, 2.24) is 15.8 Å². The molecule has 1 aliphatic rings. The Morgan fingerprint density at radius 3 is 3.09 bits per heavy atom. The monoisotopic (exact) mass is 313 g/mol. The second kappa shape index (κ2) is 6.32. The predicted molar refractivity (Wildman–Crippen MR) is 89.4 cm³/mol. The van der Waals surface area contributed by atoms with Gasteiger partial charge in [0.05, 0.1) is 10.6 Å². The minimum atomic E-state index is -0.114. The summed E-state index contributed by atoms with van der Waals surface area (Å²) in [6, 6.07) is 5.75. The van der Waals surface area contributed by atoms with Crippen molar-refractivity contribution in [3.8, 4) is 0 Å². The fraction of sp³-hybridized carbons (Fsp3) is 0.294. The standard InChI is InChI=1S/C17H19N3OS/c1-11-5-6-15-14(8-11)9-16(22-15)17(21)20-19-12(2)13-4-3-7-18-10-13/h3-4,7,9-11,19H,2,5-6,8H2,1H3,(H,20,21)/t11-/m1/s1. The highest BCUT2D eigenvalue weighted by molar-refractivity contribution is 7.14. The van der Waals surface area contributed by atoms with Crippen molar-refractivity contribution in [2.45, 2.75) is 26.2 Å². The summed E-state index contributed by atoms with van der Waals surface area (Å²) in [5.41, 5.74) is 8.37. The maximum absolute atomic E-state index is 12.3. The van der Waals surface area contributed by atoms with E-state index >= 15 is 0 Å². The molecule has 2 N–H and O–H groups in total. The number of carbonyl (C=O) groups excluding carboxylic acids is 1. The van der Waals surface area contributed by atoms with Gasteiger partial charge in [0.1, 0.15) is 0 Å². The zero-order valence-electron chi connectivity index (χ0n) is 12.6. The van der Waals surface area contributed by atoms with Gasteiger partial charge in [-0.25, -0.2) is 0 Å². The average molecular weight is 313 g/mol. The number of pyridine rings is 1. The smallest absolute Gasteiger partial charge is 0.279 e. The molecule has 0 saturated carbocycles. The highest BCUT2D eigenvalue weighted by Gasteiger charge is 2.20. The minimum absolute atomic E-state index is 0.114. The Bertz CT molecular complexity index is 693. The van der Waals surface area contributed by atoms with Crippen LogP contribution in [0, 0.1) is 5.92 Å². The van der Waals surface area contributed by atoms with E-state index in [9.17, 15) is 4.79 Å². The van der Waals surface area contributed by atoms with Crippen LogP contribution in [0.3, 0.4) is 0 Å². The van der Waals surface area contributed by atoms with Gasteiger partial charge in [0.25, 0.3) is 5.91 Å². The van der Waals surface area contributed by atoms with Crippen LogP contribution in [0.2, 0.25) is 0 Å². The number of aryl methyl sites for hydroxylation is 1. The van der Waals surface area contributed by atoms with E-state index < -0.39 is 0 Å². The SMILES string of the molecule is C=C(NNC(=O)c1cc2c(s1)CC[C@@H](C)C2)c1cccnc1. The molecule has 1 aliphatic carbocycles. The third-order valence-electron chi connectivity index (χ3n) is 3.89. The summed E-state index contributed by atoms with van der Waals surface area (Å²) < 4.78 is 0. The summed E-state index contributed by atoms with van der Waals surface area (Å²) in [5.74, 6) is 0.596. The molecular formula is C17H19N3OS. The molecule has 0 saturated heterocycles. The van der Waals surface area contributed by atoms with E-state index in [2.05, 4.69) is 29.3 Å². The lowest BCUT2D eigenvalue weighted by molar-refractivity contribution is 0.0946. The Labute approximate surface area is 134 Å². The minimum Gasteiger partial charge on any atom is -0.298 e. The number of hydrazine groups is 1. The molecule has 0 aromatic carbocycles. The van der Waals surface area contributed by atoms with E-state index in [4.69, 9.17) is 0 Å². The molecule has 1 atom stereocenters. The van der Waals surface area contributed by atoms with Gasteiger partial charge < -0.3 is 0 Å². The van der Waals surface area contributed by atoms with Gasteiger partial charge in [-0.1, -0.05) is 13.5 Å². The number of nitrogens with zero attached hydrogens (tertiary/aromatic N) is 1. The van der Waals surface area contributed by atoms with E-state index in [1.807, 2.05) is 18.2 Å². The largest absolute Gasteiger partial charge is 0.298 e. The number of nitrogens with one attached hydrogen (secondary N) is 2. The molecule has 3 rings (SSSR count). The van der Waals surface area contributed by atoms with Gasteiger partial charge in [0.15, 0.2) is 0 Å². The third-order valence-corrected chi connectivity index (χ3v) is 5.13. The number of hydrogen-bond donors (Lipinski definition) is 2. The fourth-order valence-corrected chi connectivity index (χ4v) is 3.73. The van der Waals surface area contributed by atoms with Crippen molar-refractivity contribution >= 4 is 22.9 Å². The van der Waals surface area contributed by atoms with Gasteiger partial charge in [-0.2, -0.15) is 0 Å². The molecule has 0 spiro atoms. The van der Waals surface area contributed by atoms with Crippen LogP contribution in [-0.4, -0.2) is 10.9 Å². The zero-order chi connectivity index (χ0) is 15.5. The molecule has 114 valence electrons. The molecule has 2 aromatic heterocycles. The van der Waals surface area contributed by atoms with Crippen LogP contribution in [0.5, 0.6) is 0 Å². The molecule has 1 amide bonds. The highest BCUT2D eigenvalue weighted by atomic mass is 32.1. The van der Waals surface area contributed by atoms with Gasteiger partial charge in [-0.3, -0.25) is 20.6 Å². The van der Waals surface area contributed by atoms with Crippen LogP contribution < -0.4 is 10.9 Å². The Hall–Kier alpha value is -2.14. The van der Waals surface area contributed by atoms with Crippen molar-refractivity contribution < 1.29 is 4.79 Å². The molecule has 0 radical (unpaired) electrons. The van der Waals surface area contributed by atoms with Crippen LogP contribution in [-0.2, 0) is 12.8 Å². The first-order valence-corrected chi connectivity index (χ1v) is 8.22. The molecular weight excluding hydrogens is 294 g/mol. The first-order valence-electron chi connectivity index (χ1n) is 7.40. The topological polar surface area (TPSA) is 54.0 Å². The van der Waals surface area contributed by atoms with E-state index in [-0.39, 0.29) is 5.91 Å². The number of thiophene rings is 1. The van der Waals surface area contributed by atoms with Gasteiger partial charge in [0.2, 0.25) is 0 Å². The summed E-state index contributed by atoms with van der Waals surface area (Å²) in [6.07, 6.45) is 6.78. The molecule has 5 heteroatoms. The number of fused-ring (bicyclic) bond motifs is 1. The Balaban J connectivity index is 1.62. The fourth-order valence-electron chi connectivity index (χ4n) is 2.62. The van der Waals surface area contributed by atoms with Crippen LogP contribution in [0.4, 0.5) is 0 Å². The predicted octanol–water partition coefficient (Wildman–Crippen LogP) is 3.17. The summed E-state index contributed by atoms with van der Waals surface area (Å²) in [7, 11) is 0. The Morgan fingerprint density at radius 2 is 2.32 bits per heavy atom. The van der Waals surface area contributed by atoms with Crippen molar-refractivity contribution in [3.05, 3.63) is 58.1 Å². The van der Waals surface area contributed by atoms with E-state index in [1.54, 1.807) is 23.7 Å². The highest BCUT2D eigenvalue weighted by Crippen LogP contribution is 2.32. The maximum atomic E-state index is 12.3. The lowest BCUT2D eigenvalue weighted by atomic mass is 9.90. The van der Waals surface area contributed by atoms with E-state index in [1.165, 1.54) is 16.9 Å². The van der Waals surface area contributed by atoms with Gasteiger partial charge in [-0.15, -0.1) is 11.3 Å². The molecule has 4 nitrogen and oxygen atoms in total. The van der Waals surface area contributed by atoms with Crippen LogP contribution in [0.15, 0.2) is 37.2 Å². The number of aromatic nitrogens is 1. The maximum Gasteiger partial charge on any atom is 0.279 e. The number of carbonyl (C=O) groups is 1. The first kappa shape index (κ1) is 14.8. The van der Waals surface area contributed by atoms with Crippen molar-refractivity contribution in [1.29, 1.82) is 0 Å². The Kier molecular flexibility index (Phi) is 4.24. The summed E-state index contributed by atoms with van der Waals surface area (Å²) >= 11 is 1.60. The van der Waals surface area contributed by atoms with Crippen LogP contribution in [0.25, 0.3) is 5.70 Å². The normalized spacial score (nSPS) is 16.7. The van der Waals surface area contributed by atoms with E-state index in [0.29, 0.717) is 11.6 Å². The van der Waals surface area contributed by atoms with Gasteiger partial charge in [0, 0.05) is 22.8 Å². The lowest BCUT2D eigenvalue weighted by Crippen LogP contribution is -2.35. The molecule has 2 heterocycles. The van der Waals surface area contributed by atoms with Crippen molar-refractivity contribution in [2.24, 2.45) is 5.92 Å². The van der Waals surface area contributed by atoms with Crippen molar-refractivity contribution in [2.75, 3.05) is 0 Å². The van der Waals surface area contributed by atoms with Gasteiger partial charge >= 0.3 is 0 Å². The Morgan fingerprint density at radius 1 is 1.45 bits per heavy atom. The molecule has 0 aliphatic heterocycles. The second-order valence-electron chi connectivity index (χ2n) is 5.71. The third kappa shape index (κ3) is 3.20. The molecule has 0 fully saturated rings. The first-order chi connectivity index (χ1) is 10.6. The molecule has 2 aromatic rings.